The molecule has 15 heteroatoms. The fourth-order valence-electron chi connectivity index (χ4n) is 5.73. The summed E-state index contributed by atoms with van der Waals surface area (Å²) in [7, 11) is 0. The van der Waals surface area contributed by atoms with Crippen molar-refractivity contribution >= 4 is 68.9 Å². The fourth-order valence-corrected chi connectivity index (χ4v) is 6.37. The normalized spacial score (nSPS) is 13.8. The molecule has 0 spiro atoms. The SMILES string of the molecule is CSc1nc2c3c(nc(-c4cncc5cccc(Cl)c45)c(F)c3n1)OCCN2[C@H](C)c1cccnc1N(C(=O)OC(C)(C)C)C(=O)OC(C)(C)C. The van der Waals surface area contributed by atoms with Crippen LogP contribution in [0.3, 0.4) is 0 Å². The van der Waals surface area contributed by atoms with E-state index in [2.05, 4.69) is 19.9 Å². The number of imide groups is 1. The number of nitrogens with zero attached hydrogens (tertiary/aromatic N) is 7. The smallest absolute Gasteiger partial charge is 0.425 e. The molecule has 0 bridgehead atoms. The molecule has 6 rings (SSSR count). The lowest BCUT2D eigenvalue weighted by Gasteiger charge is -2.33. The highest BCUT2D eigenvalue weighted by molar-refractivity contribution is 7.98. The van der Waals surface area contributed by atoms with Gasteiger partial charge in [0.15, 0.2) is 16.8 Å². The molecule has 51 heavy (non-hydrogen) atoms. The number of rotatable bonds is 5. The molecule has 1 aromatic carbocycles. The Morgan fingerprint density at radius 3 is 2.37 bits per heavy atom. The highest BCUT2D eigenvalue weighted by atomic mass is 35.5. The molecule has 12 nitrogen and oxygen atoms in total. The number of thioether (sulfide) groups is 1. The summed E-state index contributed by atoms with van der Waals surface area (Å²) >= 11 is 7.85. The second-order valence-corrected chi connectivity index (χ2v) is 15.0. The van der Waals surface area contributed by atoms with Crippen LogP contribution in [0, 0.1) is 5.82 Å². The van der Waals surface area contributed by atoms with E-state index in [-0.39, 0.29) is 41.4 Å². The molecule has 0 aliphatic carbocycles. The van der Waals surface area contributed by atoms with Crippen molar-refractivity contribution in [3.05, 3.63) is 65.3 Å². The van der Waals surface area contributed by atoms with Crippen LogP contribution >= 0.6 is 23.4 Å². The van der Waals surface area contributed by atoms with E-state index in [0.29, 0.717) is 32.5 Å². The predicted octanol–water partition coefficient (Wildman–Crippen LogP) is 8.79. The van der Waals surface area contributed by atoms with E-state index in [4.69, 9.17) is 30.8 Å². The summed E-state index contributed by atoms with van der Waals surface area (Å²) in [6.45, 7) is 12.4. The minimum atomic E-state index is -0.954. The van der Waals surface area contributed by atoms with Gasteiger partial charge in [-0.2, -0.15) is 4.90 Å². The van der Waals surface area contributed by atoms with Gasteiger partial charge in [-0.15, -0.1) is 0 Å². The summed E-state index contributed by atoms with van der Waals surface area (Å²) in [5, 5.41) is 2.31. The Morgan fingerprint density at radius 1 is 1.00 bits per heavy atom. The average Bonchev–Trinajstić information content (AvgIpc) is 3.24. The third kappa shape index (κ3) is 7.20. The minimum Gasteiger partial charge on any atom is -0.475 e. The zero-order valence-corrected chi connectivity index (χ0v) is 31.0. The highest BCUT2D eigenvalue weighted by Gasteiger charge is 2.38. The van der Waals surface area contributed by atoms with Crippen LogP contribution in [-0.2, 0) is 9.47 Å². The molecule has 2 amide bonds. The van der Waals surface area contributed by atoms with Crippen LogP contribution in [0.5, 0.6) is 5.88 Å². The van der Waals surface area contributed by atoms with Gasteiger partial charge in [-0.25, -0.2) is 33.9 Å². The minimum absolute atomic E-state index is 0.00283. The maximum atomic E-state index is 16.8. The second-order valence-electron chi connectivity index (χ2n) is 13.8. The van der Waals surface area contributed by atoms with E-state index in [1.165, 1.54) is 24.2 Å². The third-order valence-corrected chi connectivity index (χ3v) is 8.69. The van der Waals surface area contributed by atoms with Crippen molar-refractivity contribution in [3.8, 4) is 17.1 Å². The topological polar surface area (TPSA) is 133 Å². The molecule has 0 fully saturated rings. The van der Waals surface area contributed by atoms with Crippen LogP contribution in [-0.4, -0.2) is 67.7 Å². The third-order valence-electron chi connectivity index (χ3n) is 7.82. The van der Waals surface area contributed by atoms with E-state index < -0.39 is 35.2 Å². The number of fused-ring (bicyclic) bond motifs is 1. The van der Waals surface area contributed by atoms with Crippen molar-refractivity contribution < 1.29 is 28.2 Å². The maximum Gasteiger partial charge on any atom is 0.425 e. The molecule has 266 valence electrons. The van der Waals surface area contributed by atoms with E-state index in [1.807, 2.05) is 17.9 Å². The molecule has 5 aromatic rings. The van der Waals surface area contributed by atoms with Gasteiger partial charge in [0.05, 0.1) is 12.6 Å². The van der Waals surface area contributed by atoms with Gasteiger partial charge in [0.2, 0.25) is 5.88 Å². The van der Waals surface area contributed by atoms with E-state index >= 15 is 4.39 Å². The molecule has 0 N–H and O–H groups in total. The summed E-state index contributed by atoms with van der Waals surface area (Å²) in [5.41, 5.74) is -0.995. The highest BCUT2D eigenvalue weighted by Crippen LogP contribution is 2.44. The number of pyridine rings is 3. The van der Waals surface area contributed by atoms with Crippen LogP contribution in [0.1, 0.15) is 60.1 Å². The molecule has 1 aliphatic rings. The van der Waals surface area contributed by atoms with Crippen LogP contribution in [0.25, 0.3) is 32.9 Å². The number of anilines is 2. The van der Waals surface area contributed by atoms with E-state index in [0.717, 1.165) is 10.3 Å². The van der Waals surface area contributed by atoms with Crippen LogP contribution < -0.4 is 14.5 Å². The van der Waals surface area contributed by atoms with Crippen LogP contribution in [0.15, 0.2) is 54.1 Å². The number of benzene rings is 1. The van der Waals surface area contributed by atoms with Gasteiger partial charge >= 0.3 is 12.2 Å². The first kappa shape index (κ1) is 36.0. The zero-order valence-electron chi connectivity index (χ0n) is 29.4. The van der Waals surface area contributed by atoms with Crippen LogP contribution in [0.4, 0.5) is 25.6 Å². The second kappa shape index (κ2) is 13.7. The molecule has 1 atom stereocenters. The zero-order chi connectivity index (χ0) is 36.8. The van der Waals surface area contributed by atoms with Crippen LogP contribution in [0.2, 0.25) is 5.02 Å². The van der Waals surface area contributed by atoms with E-state index in [1.54, 1.807) is 78.3 Å². The summed E-state index contributed by atoms with van der Waals surface area (Å²) < 4.78 is 34.3. The molecule has 5 heterocycles. The fraction of sp³-hybridized carbons (Fsp3) is 0.361. The number of aromatic nitrogens is 5. The number of halogens is 2. The molecule has 4 aromatic heterocycles. The number of ether oxygens (including phenoxy) is 3. The molecule has 1 aliphatic heterocycles. The molecule has 0 saturated carbocycles. The Balaban J connectivity index is 1.52. The Hall–Kier alpha value is -4.82. The summed E-state index contributed by atoms with van der Waals surface area (Å²) in [6.07, 6.45) is 4.53. The summed E-state index contributed by atoms with van der Waals surface area (Å²) in [5.74, 6) is -0.192. The molecular weight excluding hydrogens is 697 g/mol. The Morgan fingerprint density at radius 2 is 1.71 bits per heavy atom. The Labute approximate surface area is 303 Å². The standard InChI is InChI=1S/C36H37ClFN7O5S/c1-19(21-12-10-14-40-29(21)45(33(46)49-35(2,3)4)34(47)50-36(5,6)7)44-15-16-48-31-25-28(42-32(51-8)43-30(25)44)26(38)27(41-31)22-18-39-17-20-11-9-13-23(37)24(20)22/h9-14,17-19H,15-16H2,1-8H3/t19-/m1/s1. The molecular formula is C36H37ClFN7O5S. The lowest BCUT2D eigenvalue weighted by Crippen LogP contribution is -2.45. The largest absolute Gasteiger partial charge is 0.475 e. The molecule has 0 unspecified atom stereocenters. The van der Waals surface area contributed by atoms with Crippen molar-refractivity contribution in [1.29, 1.82) is 0 Å². The van der Waals surface area contributed by atoms with Gasteiger partial charge < -0.3 is 19.1 Å². The van der Waals surface area contributed by atoms with Gasteiger partial charge in [-0.1, -0.05) is 41.6 Å². The average molecular weight is 734 g/mol. The summed E-state index contributed by atoms with van der Waals surface area (Å²) in [4.78, 5) is 52.8. The van der Waals surface area contributed by atoms with E-state index in [9.17, 15) is 9.59 Å². The van der Waals surface area contributed by atoms with Gasteiger partial charge in [0.1, 0.15) is 40.2 Å². The van der Waals surface area contributed by atoms with Gasteiger partial charge in [-0.3, -0.25) is 4.98 Å². The Kier molecular flexibility index (Phi) is 9.68. The van der Waals surface area contributed by atoms with Gasteiger partial charge in [0, 0.05) is 45.5 Å². The van der Waals surface area contributed by atoms with Crippen molar-refractivity contribution in [3.63, 3.8) is 0 Å². The number of amides is 2. The molecule has 0 radical (unpaired) electrons. The van der Waals surface area contributed by atoms with Gasteiger partial charge in [-0.05, 0) is 66.9 Å². The van der Waals surface area contributed by atoms with Gasteiger partial charge in [0.25, 0.3) is 0 Å². The first-order valence-corrected chi connectivity index (χ1v) is 17.8. The lowest BCUT2D eigenvalue weighted by atomic mass is 10.0. The number of hydrogen-bond acceptors (Lipinski definition) is 12. The summed E-state index contributed by atoms with van der Waals surface area (Å²) in [6, 6.07) is 8.20. The predicted molar refractivity (Wildman–Crippen MR) is 195 cm³/mol. The molecule has 0 saturated heterocycles. The van der Waals surface area contributed by atoms with Crippen molar-refractivity contribution in [2.24, 2.45) is 0 Å². The lowest BCUT2D eigenvalue weighted by molar-refractivity contribution is 0.0428. The van der Waals surface area contributed by atoms with Crippen molar-refractivity contribution in [2.75, 3.05) is 29.2 Å². The number of carbonyl (C=O) groups excluding carboxylic acids is 2. The quantitative estimate of drug-likeness (QED) is 0.126. The first-order chi connectivity index (χ1) is 24.1. The Bertz CT molecular complexity index is 2140. The number of carbonyl (C=O) groups is 2. The van der Waals surface area contributed by atoms with Crippen molar-refractivity contribution in [2.45, 2.75) is 70.9 Å². The maximum absolute atomic E-state index is 16.8. The number of hydrogen-bond donors (Lipinski definition) is 0. The van der Waals surface area contributed by atoms with Crippen molar-refractivity contribution in [1.82, 2.24) is 24.9 Å². The monoisotopic (exact) mass is 733 g/mol. The first-order valence-electron chi connectivity index (χ1n) is 16.2.